The molecule has 0 bridgehead atoms. The maximum Gasteiger partial charge on any atom is 0.313 e. The van der Waals surface area contributed by atoms with Crippen LogP contribution in [0.1, 0.15) is 47.5 Å². The van der Waals surface area contributed by atoms with Crippen molar-refractivity contribution >= 4 is 29.2 Å². The van der Waals surface area contributed by atoms with Crippen molar-refractivity contribution in [2.45, 2.75) is 70.7 Å². The largest absolute Gasteiger partial charge is 0.465 e. The van der Waals surface area contributed by atoms with E-state index in [4.69, 9.17) is 9.47 Å². The molecule has 4 heterocycles. The molecular weight excluding hydrogens is 522 g/mol. The summed E-state index contributed by atoms with van der Waals surface area (Å²) in [4.78, 5) is 48.2. The van der Waals surface area contributed by atoms with Crippen molar-refractivity contribution in [1.29, 1.82) is 0 Å². The first-order valence-corrected chi connectivity index (χ1v) is 15.0. The topological polar surface area (TPSA) is 99.6 Å². The van der Waals surface area contributed by atoms with Crippen LogP contribution in [0.4, 0.5) is 11.4 Å². The lowest BCUT2D eigenvalue weighted by Crippen LogP contribution is -2.60. The fourth-order valence-electron chi connectivity index (χ4n) is 7.31. The third-order valence-electron chi connectivity index (χ3n) is 9.44. The van der Waals surface area contributed by atoms with Crippen LogP contribution < -0.4 is 9.80 Å². The Morgan fingerprint density at radius 1 is 1.00 bits per heavy atom. The highest BCUT2D eigenvalue weighted by Gasteiger charge is 2.76. The number of aliphatic hydroxyl groups excluding tert-OH is 1. The Labute approximate surface area is 242 Å². The van der Waals surface area contributed by atoms with Gasteiger partial charge < -0.3 is 29.3 Å². The minimum atomic E-state index is -1.39. The van der Waals surface area contributed by atoms with Gasteiger partial charge in [0.1, 0.15) is 23.2 Å². The van der Waals surface area contributed by atoms with Crippen molar-refractivity contribution in [3.05, 3.63) is 48.6 Å². The van der Waals surface area contributed by atoms with E-state index in [0.717, 1.165) is 18.8 Å². The lowest BCUT2D eigenvalue weighted by Gasteiger charge is -2.42. The van der Waals surface area contributed by atoms with Gasteiger partial charge in [-0.3, -0.25) is 14.4 Å². The van der Waals surface area contributed by atoms with Gasteiger partial charge in [-0.15, -0.1) is 0 Å². The normalized spacial score (nSPS) is 31.8. The molecule has 1 aromatic rings. The third-order valence-corrected chi connectivity index (χ3v) is 9.44. The Morgan fingerprint density at radius 2 is 1.71 bits per heavy atom. The molecule has 6 atom stereocenters. The van der Waals surface area contributed by atoms with Gasteiger partial charge in [-0.25, -0.2) is 0 Å². The Bertz CT molecular complexity index is 1220. The number of carbonyl (C=O) groups is 3. The first kappa shape index (κ1) is 29.3. The van der Waals surface area contributed by atoms with E-state index < -0.39 is 41.1 Å². The van der Waals surface area contributed by atoms with Crippen LogP contribution in [0.15, 0.2) is 48.6 Å². The van der Waals surface area contributed by atoms with Crippen molar-refractivity contribution in [3.8, 4) is 0 Å². The number of hydrogen-bond acceptors (Lipinski definition) is 7. The molecule has 4 aliphatic rings. The molecule has 1 N–H and O–H groups in total. The van der Waals surface area contributed by atoms with E-state index in [1.165, 1.54) is 4.90 Å². The summed E-state index contributed by atoms with van der Waals surface area (Å²) in [6.07, 6.45) is 8.54. The average molecular weight is 566 g/mol. The van der Waals surface area contributed by atoms with Crippen LogP contribution in [0.25, 0.3) is 0 Å². The number of esters is 1. The van der Waals surface area contributed by atoms with Gasteiger partial charge >= 0.3 is 5.97 Å². The number of fused-ring (bicyclic) bond motifs is 2. The number of cyclic esters (lactones) is 1. The van der Waals surface area contributed by atoms with E-state index in [9.17, 15) is 19.5 Å². The van der Waals surface area contributed by atoms with Crippen molar-refractivity contribution in [2.75, 3.05) is 42.6 Å². The van der Waals surface area contributed by atoms with E-state index in [0.29, 0.717) is 18.5 Å². The van der Waals surface area contributed by atoms with E-state index in [-0.39, 0.29) is 37.5 Å². The maximum atomic E-state index is 14.7. The summed E-state index contributed by atoms with van der Waals surface area (Å²) in [6, 6.07) is 6.19. The summed E-state index contributed by atoms with van der Waals surface area (Å²) in [5.74, 6) is -3.13. The number of rotatable bonds is 8. The van der Waals surface area contributed by atoms with Crippen LogP contribution in [0.5, 0.6) is 0 Å². The Hall–Kier alpha value is -3.17. The molecule has 9 heteroatoms. The van der Waals surface area contributed by atoms with Gasteiger partial charge in [0.2, 0.25) is 5.91 Å². The lowest BCUT2D eigenvalue weighted by molar-refractivity contribution is -0.162. The van der Waals surface area contributed by atoms with Gasteiger partial charge in [0, 0.05) is 31.0 Å². The molecule has 9 nitrogen and oxygen atoms in total. The number of anilines is 2. The van der Waals surface area contributed by atoms with Gasteiger partial charge in [0.05, 0.1) is 25.2 Å². The monoisotopic (exact) mass is 565 g/mol. The second kappa shape index (κ2) is 11.2. The van der Waals surface area contributed by atoms with Gasteiger partial charge in [-0.05, 0) is 56.9 Å². The van der Waals surface area contributed by atoms with Crippen molar-refractivity contribution in [2.24, 2.45) is 17.8 Å². The standard InChI is InChI=1S/C32H43N3O6/c1-6-31-16-9-10-19-40-30(39)26(31)25-28(37)35(24(20-36)21(4)5)27-29(38)34(18-11-17-32(25,27)41-31)23-14-12-22(13-15-23)33(7-2)8-3/h9,11-17,21,24-27,36H,6-8,10,18-20H2,1-5H3/t24-,25-,26+,27?,31-,32-/m0/s1. The van der Waals surface area contributed by atoms with Crippen LogP contribution in [0.2, 0.25) is 0 Å². The zero-order chi connectivity index (χ0) is 29.5. The quantitative estimate of drug-likeness (QED) is 0.381. The summed E-state index contributed by atoms with van der Waals surface area (Å²) in [6.45, 7) is 11.9. The number of carbonyl (C=O) groups excluding carboxylic acids is 3. The maximum absolute atomic E-state index is 14.7. The molecule has 2 saturated heterocycles. The van der Waals surface area contributed by atoms with Crippen molar-refractivity contribution in [3.63, 3.8) is 0 Å². The Kier molecular flexibility index (Phi) is 8.05. The molecule has 0 aliphatic carbocycles. The first-order valence-electron chi connectivity index (χ1n) is 15.0. The van der Waals surface area contributed by atoms with Gasteiger partial charge in [0.15, 0.2) is 0 Å². The second-order valence-corrected chi connectivity index (χ2v) is 11.8. The molecule has 222 valence electrons. The first-order chi connectivity index (χ1) is 19.7. The SMILES string of the molecule is CCN(CC)c1ccc(N2CC=C[C@]34O[C@@]5(CC)C=CCCOC(=O)[C@H]5[C@H]3C(=O)N([C@@H](CO)C(C)C)C4C2=O)cc1. The minimum Gasteiger partial charge on any atom is -0.465 e. The smallest absolute Gasteiger partial charge is 0.313 e. The Morgan fingerprint density at radius 3 is 2.32 bits per heavy atom. The predicted octanol–water partition coefficient (Wildman–Crippen LogP) is 3.32. The number of likely N-dealkylation sites (tertiary alicyclic amines) is 1. The third kappa shape index (κ3) is 4.48. The average Bonchev–Trinajstić information content (AvgIpc) is 3.30. The number of hydrogen-bond donors (Lipinski definition) is 1. The van der Waals surface area contributed by atoms with E-state index in [1.54, 1.807) is 4.90 Å². The zero-order valence-electron chi connectivity index (χ0n) is 24.8. The highest BCUT2D eigenvalue weighted by atomic mass is 16.6. The van der Waals surface area contributed by atoms with Crippen LogP contribution in [0.3, 0.4) is 0 Å². The zero-order valence-corrected chi connectivity index (χ0v) is 24.8. The van der Waals surface area contributed by atoms with E-state index in [2.05, 4.69) is 18.7 Å². The Balaban J connectivity index is 1.64. The number of ether oxygens (including phenoxy) is 2. The van der Waals surface area contributed by atoms with Crippen molar-refractivity contribution in [1.82, 2.24) is 4.90 Å². The second-order valence-electron chi connectivity index (χ2n) is 11.8. The molecule has 4 aliphatic heterocycles. The molecule has 0 aromatic heterocycles. The van der Waals surface area contributed by atoms with Crippen molar-refractivity contribution < 1.29 is 29.0 Å². The van der Waals surface area contributed by atoms with Crippen LogP contribution in [-0.4, -0.2) is 83.9 Å². The van der Waals surface area contributed by atoms with Crippen LogP contribution >= 0.6 is 0 Å². The molecule has 2 fully saturated rings. The van der Waals surface area contributed by atoms with Crippen LogP contribution in [-0.2, 0) is 23.9 Å². The molecule has 5 rings (SSSR count). The van der Waals surface area contributed by atoms with Gasteiger partial charge in [-0.1, -0.05) is 45.1 Å². The highest BCUT2D eigenvalue weighted by molar-refractivity contribution is 6.06. The summed E-state index contributed by atoms with van der Waals surface area (Å²) >= 11 is 0. The van der Waals surface area contributed by atoms with Gasteiger partial charge in [0.25, 0.3) is 5.91 Å². The predicted molar refractivity (Wildman–Crippen MR) is 156 cm³/mol. The molecule has 2 amide bonds. The number of aliphatic hydroxyl groups is 1. The van der Waals surface area contributed by atoms with E-state index in [1.807, 2.05) is 69.3 Å². The molecule has 1 spiro atoms. The fraction of sp³-hybridized carbons (Fsp3) is 0.594. The molecule has 0 radical (unpaired) electrons. The molecule has 41 heavy (non-hydrogen) atoms. The van der Waals surface area contributed by atoms with E-state index >= 15 is 0 Å². The molecule has 1 unspecified atom stereocenters. The summed E-state index contributed by atoms with van der Waals surface area (Å²) < 4.78 is 12.6. The highest BCUT2D eigenvalue weighted by Crippen LogP contribution is 2.59. The van der Waals surface area contributed by atoms with Crippen LogP contribution in [0, 0.1) is 17.8 Å². The number of nitrogens with zero attached hydrogens (tertiary/aromatic N) is 3. The summed E-state index contributed by atoms with van der Waals surface area (Å²) in [5, 5.41) is 10.5. The summed E-state index contributed by atoms with van der Waals surface area (Å²) in [5.41, 5.74) is -0.695. The summed E-state index contributed by atoms with van der Waals surface area (Å²) in [7, 11) is 0. The van der Waals surface area contributed by atoms with Gasteiger partial charge in [-0.2, -0.15) is 0 Å². The molecule has 0 saturated carbocycles. The molecular formula is C32H43N3O6. The fourth-order valence-corrected chi connectivity index (χ4v) is 7.31. The number of benzene rings is 1. The molecule has 1 aromatic carbocycles. The lowest BCUT2D eigenvalue weighted by atomic mass is 9.73. The number of amides is 2. The minimum absolute atomic E-state index is 0.137.